The largest absolute Gasteiger partial charge is 0.329 e. The summed E-state index contributed by atoms with van der Waals surface area (Å²) in [6.45, 7) is 4.97. The summed E-state index contributed by atoms with van der Waals surface area (Å²) in [5, 5.41) is -0.421. The van der Waals surface area contributed by atoms with Gasteiger partial charge in [0.15, 0.2) is 9.84 Å². The Hall–Kier alpha value is -0.560. The lowest BCUT2D eigenvalue weighted by Crippen LogP contribution is -2.50. The highest BCUT2D eigenvalue weighted by Gasteiger charge is 2.36. The van der Waals surface area contributed by atoms with Gasteiger partial charge >= 0.3 is 0 Å². The molecule has 1 aliphatic heterocycles. The topological polar surface area (TPSA) is 63.4 Å². The van der Waals surface area contributed by atoms with Gasteiger partial charge in [0.05, 0.1) is 0 Å². The molecule has 6 heteroatoms. The lowest BCUT2D eigenvalue weighted by atomic mass is 10.0. The van der Waals surface area contributed by atoms with Crippen molar-refractivity contribution >= 4 is 21.6 Å². The van der Waals surface area contributed by atoms with Crippen LogP contribution in [0, 0.1) is 6.92 Å². The van der Waals surface area contributed by atoms with Crippen LogP contribution in [0.25, 0.3) is 0 Å². The summed E-state index contributed by atoms with van der Waals surface area (Å²) in [5.74, 6) is 1.77. The quantitative estimate of drug-likeness (QED) is 0.893. The van der Waals surface area contributed by atoms with Gasteiger partial charge in [-0.15, -0.1) is 0 Å². The Labute approximate surface area is 132 Å². The van der Waals surface area contributed by atoms with Crippen molar-refractivity contribution in [3.63, 3.8) is 0 Å². The maximum Gasteiger partial charge on any atom is 0.166 e. The third kappa shape index (κ3) is 3.80. The summed E-state index contributed by atoms with van der Waals surface area (Å²) >= 11 is 1.71. The average Bonchev–Trinajstić information content (AvgIpc) is 2.48. The molecule has 0 amide bonds. The predicted molar refractivity (Wildman–Crippen MR) is 90.3 cm³/mol. The van der Waals surface area contributed by atoms with Crippen molar-refractivity contribution in [1.82, 2.24) is 4.90 Å². The van der Waals surface area contributed by atoms with E-state index in [1.165, 1.54) is 5.56 Å². The summed E-state index contributed by atoms with van der Waals surface area (Å²) < 4.78 is 24.8. The normalized spacial score (nSPS) is 22.1. The zero-order chi connectivity index (χ0) is 15.5. The maximum absolute atomic E-state index is 12.4. The molecule has 1 saturated heterocycles. The molecule has 2 N–H and O–H groups in total. The summed E-state index contributed by atoms with van der Waals surface area (Å²) in [6.07, 6.45) is 0. The summed E-state index contributed by atoms with van der Waals surface area (Å²) in [7, 11) is -3.09. The standard InChI is InChI=1S/C15H24N2O2S2/c1-3-21(18,19)15-11-20-8-7-17(15)14(10-16)13-6-4-5-12(2)9-13/h4-6,9,14-15H,3,7-8,10-11,16H2,1-2H3. The van der Waals surface area contributed by atoms with E-state index in [0.29, 0.717) is 12.3 Å². The maximum atomic E-state index is 12.4. The van der Waals surface area contributed by atoms with Gasteiger partial charge in [-0.25, -0.2) is 8.42 Å². The number of hydrogen-bond donors (Lipinski definition) is 1. The molecule has 118 valence electrons. The number of nitrogens with two attached hydrogens (primary N) is 1. The van der Waals surface area contributed by atoms with Gasteiger partial charge in [0.1, 0.15) is 5.37 Å². The molecule has 21 heavy (non-hydrogen) atoms. The Balaban J connectivity index is 2.34. The zero-order valence-electron chi connectivity index (χ0n) is 12.7. The van der Waals surface area contributed by atoms with E-state index < -0.39 is 15.2 Å². The second-order valence-corrected chi connectivity index (χ2v) is 8.98. The van der Waals surface area contributed by atoms with Gasteiger partial charge in [0, 0.05) is 36.4 Å². The van der Waals surface area contributed by atoms with Crippen molar-refractivity contribution in [3.05, 3.63) is 35.4 Å². The molecular weight excluding hydrogens is 304 g/mol. The van der Waals surface area contributed by atoms with Gasteiger partial charge in [0.25, 0.3) is 0 Å². The number of aryl methyl sites for hydroxylation is 1. The van der Waals surface area contributed by atoms with E-state index in [1.54, 1.807) is 18.7 Å². The molecule has 0 aromatic heterocycles. The Kier molecular flexibility index (Phi) is 5.71. The molecule has 2 atom stereocenters. The molecule has 0 spiro atoms. The van der Waals surface area contributed by atoms with E-state index in [2.05, 4.69) is 11.0 Å². The number of sulfone groups is 1. The minimum Gasteiger partial charge on any atom is -0.329 e. The van der Waals surface area contributed by atoms with Crippen LogP contribution >= 0.6 is 11.8 Å². The third-order valence-electron chi connectivity index (χ3n) is 3.99. The van der Waals surface area contributed by atoms with Crippen molar-refractivity contribution in [2.75, 3.05) is 30.3 Å². The molecule has 0 radical (unpaired) electrons. The highest BCUT2D eigenvalue weighted by Crippen LogP contribution is 2.30. The molecule has 2 rings (SSSR count). The summed E-state index contributed by atoms with van der Waals surface area (Å²) in [4.78, 5) is 2.09. The Bertz CT molecular complexity index is 575. The van der Waals surface area contributed by atoms with Crippen LogP contribution in [0.1, 0.15) is 24.1 Å². The SMILES string of the molecule is CCS(=O)(=O)C1CSCCN1C(CN)c1cccc(C)c1. The van der Waals surface area contributed by atoms with Crippen molar-refractivity contribution in [2.24, 2.45) is 5.73 Å². The van der Waals surface area contributed by atoms with Gasteiger partial charge < -0.3 is 5.73 Å². The monoisotopic (exact) mass is 328 g/mol. The molecule has 1 aromatic carbocycles. The lowest BCUT2D eigenvalue weighted by molar-refractivity contribution is 0.197. The number of benzene rings is 1. The number of rotatable bonds is 5. The van der Waals surface area contributed by atoms with E-state index >= 15 is 0 Å². The zero-order valence-corrected chi connectivity index (χ0v) is 14.3. The highest BCUT2D eigenvalue weighted by atomic mass is 32.2. The van der Waals surface area contributed by atoms with Crippen LogP contribution in [-0.4, -0.2) is 49.0 Å². The molecule has 1 heterocycles. The average molecular weight is 329 g/mol. The molecule has 1 aliphatic rings. The van der Waals surface area contributed by atoms with Crippen molar-refractivity contribution in [1.29, 1.82) is 0 Å². The predicted octanol–water partition coefficient (Wildman–Crippen LogP) is 1.80. The first-order valence-corrected chi connectivity index (χ1v) is 10.2. The van der Waals surface area contributed by atoms with Crippen LogP contribution in [0.2, 0.25) is 0 Å². The Morgan fingerprint density at radius 3 is 2.86 bits per heavy atom. The van der Waals surface area contributed by atoms with Crippen LogP contribution in [0.4, 0.5) is 0 Å². The first-order valence-electron chi connectivity index (χ1n) is 7.31. The summed E-state index contributed by atoms with van der Waals surface area (Å²) in [5.41, 5.74) is 8.27. The van der Waals surface area contributed by atoms with E-state index in [0.717, 1.165) is 17.9 Å². The smallest absolute Gasteiger partial charge is 0.166 e. The number of nitrogens with zero attached hydrogens (tertiary/aromatic N) is 1. The lowest BCUT2D eigenvalue weighted by Gasteiger charge is -2.40. The van der Waals surface area contributed by atoms with Crippen LogP contribution in [0.3, 0.4) is 0 Å². The van der Waals surface area contributed by atoms with E-state index in [-0.39, 0.29) is 11.8 Å². The molecule has 0 bridgehead atoms. The second-order valence-electron chi connectivity index (χ2n) is 5.38. The first kappa shape index (κ1) is 16.8. The van der Waals surface area contributed by atoms with Crippen LogP contribution < -0.4 is 5.73 Å². The van der Waals surface area contributed by atoms with Gasteiger partial charge in [0.2, 0.25) is 0 Å². The van der Waals surface area contributed by atoms with Crippen LogP contribution in [0.15, 0.2) is 24.3 Å². The van der Waals surface area contributed by atoms with Gasteiger partial charge in [-0.1, -0.05) is 36.8 Å². The van der Waals surface area contributed by atoms with E-state index in [9.17, 15) is 8.42 Å². The molecule has 1 fully saturated rings. The second kappa shape index (κ2) is 7.13. The number of thioether (sulfide) groups is 1. The number of hydrogen-bond acceptors (Lipinski definition) is 5. The molecule has 0 aliphatic carbocycles. The molecular formula is C15H24N2O2S2. The van der Waals surface area contributed by atoms with Gasteiger partial charge in [-0.05, 0) is 12.5 Å². The third-order valence-corrected chi connectivity index (χ3v) is 7.30. The minimum atomic E-state index is -3.09. The molecule has 1 aromatic rings. The Morgan fingerprint density at radius 1 is 1.48 bits per heavy atom. The highest BCUT2D eigenvalue weighted by molar-refractivity contribution is 8.01. The fraction of sp³-hybridized carbons (Fsp3) is 0.600. The van der Waals surface area contributed by atoms with Crippen LogP contribution in [0.5, 0.6) is 0 Å². The fourth-order valence-electron chi connectivity index (χ4n) is 2.79. The molecule has 0 saturated carbocycles. The van der Waals surface area contributed by atoms with Crippen LogP contribution in [-0.2, 0) is 9.84 Å². The molecule has 2 unspecified atom stereocenters. The van der Waals surface area contributed by atoms with Crippen molar-refractivity contribution < 1.29 is 8.42 Å². The van der Waals surface area contributed by atoms with E-state index in [4.69, 9.17) is 5.73 Å². The molecule has 4 nitrogen and oxygen atoms in total. The van der Waals surface area contributed by atoms with Crippen molar-refractivity contribution in [2.45, 2.75) is 25.3 Å². The van der Waals surface area contributed by atoms with Gasteiger partial charge in [-0.3, -0.25) is 4.90 Å². The first-order chi connectivity index (χ1) is 9.99. The van der Waals surface area contributed by atoms with Crippen molar-refractivity contribution in [3.8, 4) is 0 Å². The van der Waals surface area contributed by atoms with E-state index in [1.807, 2.05) is 25.1 Å². The van der Waals surface area contributed by atoms with Gasteiger partial charge in [-0.2, -0.15) is 11.8 Å². The summed E-state index contributed by atoms with van der Waals surface area (Å²) in [6, 6.07) is 8.17. The Morgan fingerprint density at radius 2 is 2.24 bits per heavy atom. The fourth-order valence-corrected chi connectivity index (χ4v) is 5.86. The minimum absolute atomic E-state index is 0.0304.